The summed E-state index contributed by atoms with van der Waals surface area (Å²) in [5.74, 6) is -0.783. The third-order valence-electron chi connectivity index (χ3n) is 4.40. The Bertz CT molecular complexity index is 555. The number of nitrogens with one attached hydrogen (secondary N) is 1. The van der Waals surface area contributed by atoms with Gasteiger partial charge in [-0.25, -0.2) is 4.79 Å². The fraction of sp³-hybridized carbons (Fsp3) is 0.529. The zero-order valence-corrected chi connectivity index (χ0v) is 13.3. The van der Waals surface area contributed by atoms with E-state index in [1.165, 1.54) is 0 Å². The number of alkyl carbamates (subject to hydrolysis) is 1. The number of carboxylic acid groups (broad SMARTS) is 1. The molecule has 1 aromatic carbocycles. The molecule has 0 saturated heterocycles. The van der Waals surface area contributed by atoms with Gasteiger partial charge in [-0.15, -0.1) is 0 Å². The van der Waals surface area contributed by atoms with Gasteiger partial charge in [0.15, 0.2) is 0 Å². The number of rotatable bonds is 6. The lowest BCUT2D eigenvalue weighted by Gasteiger charge is -2.30. The number of amides is 1. The summed E-state index contributed by atoms with van der Waals surface area (Å²) in [5, 5.41) is 11.9. The van der Waals surface area contributed by atoms with E-state index in [-0.39, 0.29) is 24.4 Å². The molecule has 2 N–H and O–H groups in total. The molecular formula is C17H23NO4. The normalized spacial score (nSPS) is 21.5. The number of hydrogen-bond acceptors (Lipinski definition) is 3. The van der Waals surface area contributed by atoms with Gasteiger partial charge in [-0.2, -0.15) is 0 Å². The van der Waals surface area contributed by atoms with Crippen molar-refractivity contribution < 1.29 is 19.4 Å². The Labute approximate surface area is 130 Å². The highest BCUT2D eigenvalue weighted by Crippen LogP contribution is 2.58. The average Bonchev–Trinajstić information content (AvgIpc) is 3.07. The third kappa shape index (κ3) is 4.00. The van der Waals surface area contributed by atoms with E-state index in [9.17, 15) is 9.59 Å². The van der Waals surface area contributed by atoms with Crippen LogP contribution < -0.4 is 5.32 Å². The predicted molar refractivity (Wildman–Crippen MR) is 82.3 cm³/mol. The van der Waals surface area contributed by atoms with Crippen molar-refractivity contribution in [1.29, 1.82) is 0 Å². The van der Waals surface area contributed by atoms with Gasteiger partial charge in [0.05, 0.1) is 12.0 Å². The highest BCUT2D eigenvalue weighted by atomic mass is 16.5. The van der Waals surface area contributed by atoms with Crippen LogP contribution in [0.25, 0.3) is 0 Å². The summed E-state index contributed by atoms with van der Waals surface area (Å²) in [6.45, 7) is 6.11. The Morgan fingerprint density at radius 3 is 2.45 bits per heavy atom. The molecule has 5 heteroatoms. The van der Waals surface area contributed by atoms with E-state index >= 15 is 0 Å². The second-order valence-electron chi connectivity index (χ2n) is 6.92. The maximum absolute atomic E-state index is 12.0. The van der Waals surface area contributed by atoms with Crippen LogP contribution in [0.2, 0.25) is 0 Å². The largest absolute Gasteiger partial charge is 0.481 e. The summed E-state index contributed by atoms with van der Waals surface area (Å²) < 4.78 is 5.21. The van der Waals surface area contributed by atoms with Crippen molar-refractivity contribution in [3.05, 3.63) is 35.9 Å². The van der Waals surface area contributed by atoms with E-state index < -0.39 is 17.6 Å². The van der Waals surface area contributed by atoms with E-state index in [1.54, 1.807) is 6.92 Å². The molecule has 5 nitrogen and oxygen atoms in total. The SMILES string of the molecule is CC1(C)CC1C(C)(CC(=O)O)NC(=O)OCc1ccccc1. The molecule has 1 amide bonds. The first kappa shape index (κ1) is 16.3. The molecule has 2 unspecified atom stereocenters. The van der Waals surface area contributed by atoms with Crippen molar-refractivity contribution in [2.45, 2.75) is 45.8 Å². The fourth-order valence-electron chi connectivity index (χ4n) is 3.12. The third-order valence-corrected chi connectivity index (χ3v) is 4.40. The molecule has 0 spiro atoms. The molecule has 1 fully saturated rings. The summed E-state index contributed by atoms with van der Waals surface area (Å²) in [4.78, 5) is 23.2. The molecule has 2 rings (SSSR count). The van der Waals surface area contributed by atoms with E-state index in [1.807, 2.05) is 30.3 Å². The maximum atomic E-state index is 12.0. The van der Waals surface area contributed by atoms with Crippen molar-refractivity contribution in [2.75, 3.05) is 0 Å². The summed E-state index contributed by atoms with van der Waals surface area (Å²) in [7, 11) is 0. The van der Waals surface area contributed by atoms with Gasteiger partial charge >= 0.3 is 12.1 Å². The molecule has 0 bridgehead atoms. The Balaban J connectivity index is 1.95. The highest BCUT2D eigenvalue weighted by Gasteiger charge is 2.57. The summed E-state index contributed by atoms with van der Waals surface area (Å²) >= 11 is 0. The minimum atomic E-state index is -0.923. The molecule has 0 aliphatic heterocycles. The van der Waals surface area contributed by atoms with Crippen LogP contribution in [0.5, 0.6) is 0 Å². The smallest absolute Gasteiger partial charge is 0.407 e. The first-order valence-corrected chi connectivity index (χ1v) is 7.44. The molecule has 1 aliphatic carbocycles. The quantitative estimate of drug-likeness (QED) is 0.846. The second-order valence-corrected chi connectivity index (χ2v) is 6.92. The lowest BCUT2D eigenvalue weighted by atomic mass is 9.87. The monoisotopic (exact) mass is 305 g/mol. The Morgan fingerprint density at radius 1 is 1.36 bits per heavy atom. The average molecular weight is 305 g/mol. The summed E-state index contributed by atoms with van der Waals surface area (Å²) in [6, 6.07) is 9.37. The molecule has 2 atom stereocenters. The number of benzene rings is 1. The van der Waals surface area contributed by atoms with E-state index in [4.69, 9.17) is 9.84 Å². The number of carbonyl (C=O) groups excluding carboxylic acids is 1. The number of hydrogen-bond donors (Lipinski definition) is 2. The van der Waals surface area contributed by atoms with Crippen LogP contribution in [0.4, 0.5) is 4.79 Å². The number of aliphatic carboxylic acids is 1. The molecular weight excluding hydrogens is 282 g/mol. The van der Waals surface area contributed by atoms with E-state index in [0.717, 1.165) is 12.0 Å². The lowest BCUT2D eigenvalue weighted by molar-refractivity contribution is -0.138. The molecule has 120 valence electrons. The van der Waals surface area contributed by atoms with Crippen molar-refractivity contribution >= 4 is 12.1 Å². The topological polar surface area (TPSA) is 75.6 Å². The van der Waals surface area contributed by atoms with Gasteiger partial charge in [-0.05, 0) is 30.2 Å². The first-order chi connectivity index (χ1) is 10.2. The number of carboxylic acids is 1. The molecule has 1 aliphatic rings. The second kappa shape index (κ2) is 5.99. The van der Waals surface area contributed by atoms with E-state index in [0.29, 0.717) is 0 Å². The Morgan fingerprint density at radius 2 is 1.95 bits per heavy atom. The standard InChI is InChI=1S/C17H23NO4/c1-16(2)9-13(16)17(3,10-14(19)20)18-15(21)22-11-12-7-5-4-6-8-12/h4-8,13H,9-11H2,1-3H3,(H,18,21)(H,19,20). The minimum absolute atomic E-state index is 0.0525. The van der Waals surface area contributed by atoms with Gasteiger partial charge in [0, 0.05) is 0 Å². The van der Waals surface area contributed by atoms with Crippen LogP contribution in [0, 0.1) is 11.3 Å². The minimum Gasteiger partial charge on any atom is -0.481 e. The molecule has 0 aromatic heterocycles. The van der Waals surface area contributed by atoms with Crippen LogP contribution >= 0.6 is 0 Å². The molecule has 0 radical (unpaired) electrons. The zero-order chi connectivity index (χ0) is 16.4. The summed E-state index contributed by atoms with van der Waals surface area (Å²) in [6.07, 6.45) is 0.215. The van der Waals surface area contributed by atoms with Gasteiger partial charge < -0.3 is 15.2 Å². The highest BCUT2D eigenvalue weighted by molar-refractivity contribution is 5.73. The summed E-state index contributed by atoms with van der Waals surface area (Å²) in [5.41, 5.74) is 0.157. The maximum Gasteiger partial charge on any atom is 0.407 e. The van der Waals surface area contributed by atoms with Crippen molar-refractivity contribution in [3.8, 4) is 0 Å². The molecule has 22 heavy (non-hydrogen) atoms. The van der Waals surface area contributed by atoms with Crippen molar-refractivity contribution in [2.24, 2.45) is 11.3 Å². The Hall–Kier alpha value is -2.04. The first-order valence-electron chi connectivity index (χ1n) is 7.44. The zero-order valence-electron chi connectivity index (χ0n) is 13.3. The van der Waals surface area contributed by atoms with Gasteiger partial charge in [-0.1, -0.05) is 44.2 Å². The lowest BCUT2D eigenvalue weighted by Crippen LogP contribution is -2.50. The van der Waals surface area contributed by atoms with Crippen LogP contribution in [-0.2, 0) is 16.1 Å². The van der Waals surface area contributed by atoms with Gasteiger partial charge in [0.1, 0.15) is 6.61 Å². The Kier molecular flexibility index (Phi) is 4.44. The molecule has 1 aromatic rings. The van der Waals surface area contributed by atoms with E-state index in [2.05, 4.69) is 19.2 Å². The number of carbonyl (C=O) groups is 2. The van der Waals surface area contributed by atoms with Crippen LogP contribution in [0.1, 0.15) is 39.2 Å². The predicted octanol–water partition coefficient (Wildman–Crippen LogP) is 3.19. The van der Waals surface area contributed by atoms with Crippen LogP contribution in [0.3, 0.4) is 0 Å². The van der Waals surface area contributed by atoms with Crippen molar-refractivity contribution in [1.82, 2.24) is 5.32 Å². The number of ether oxygens (including phenoxy) is 1. The van der Waals surface area contributed by atoms with Gasteiger partial charge in [0.2, 0.25) is 0 Å². The van der Waals surface area contributed by atoms with Crippen LogP contribution in [-0.4, -0.2) is 22.7 Å². The molecule has 1 saturated carbocycles. The van der Waals surface area contributed by atoms with Gasteiger partial charge in [-0.3, -0.25) is 4.79 Å². The van der Waals surface area contributed by atoms with Crippen molar-refractivity contribution in [3.63, 3.8) is 0 Å². The molecule has 0 heterocycles. The fourth-order valence-corrected chi connectivity index (χ4v) is 3.12. The van der Waals surface area contributed by atoms with Crippen LogP contribution in [0.15, 0.2) is 30.3 Å². The van der Waals surface area contributed by atoms with Gasteiger partial charge in [0.25, 0.3) is 0 Å².